The minimum absolute atomic E-state index is 0.0189. The Hall–Kier alpha value is -1.66. The molecule has 3 N–H and O–H groups in total. The molecule has 6 nitrogen and oxygen atoms in total. The third-order valence-electron chi connectivity index (χ3n) is 11.2. The van der Waals surface area contributed by atoms with Crippen LogP contribution in [0.25, 0.3) is 0 Å². The highest BCUT2D eigenvalue weighted by molar-refractivity contribution is 5.76. The van der Waals surface area contributed by atoms with Gasteiger partial charge in [-0.2, -0.15) is 0 Å². The number of ether oxygens (including phenoxy) is 1. The monoisotopic (exact) mass is 790 g/mol. The number of rotatable bonds is 45. The molecular weight excluding hydrogens is 695 g/mol. The summed E-state index contributed by atoms with van der Waals surface area (Å²) in [7, 11) is 0. The minimum atomic E-state index is -0.853. The van der Waals surface area contributed by atoms with Crippen molar-refractivity contribution >= 4 is 11.9 Å². The molecule has 2 unspecified atom stereocenters. The van der Waals surface area contributed by atoms with Crippen LogP contribution in [0.4, 0.5) is 0 Å². The summed E-state index contributed by atoms with van der Waals surface area (Å²) in [5.41, 5.74) is 0. The van der Waals surface area contributed by atoms with Crippen molar-refractivity contribution in [1.82, 2.24) is 5.32 Å². The maximum Gasteiger partial charge on any atom is 0.305 e. The lowest BCUT2D eigenvalue weighted by molar-refractivity contribution is -0.143. The van der Waals surface area contributed by atoms with Crippen LogP contribution >= 0.6 is 0 Å². The second kappa shape index (κ2) is 46.0. The van der Waals surface area contributed by atoms with Crippen molar-refractivity contribution in [3.8, 4) is 0 Å². The van der Waals surface area contributed by atoms with Crippen LogP contribution in [-0.2, 0) is 14.3 Å². The van der Waals surface area contributed by atoms with Gasteiger partial charge in [0.15, 0.2) is 0 Å². The van der Waals surface area contributed by atoms with Crippen LogP contribution in [0.3, 0.4) is 0 Å². The molecule has 0 saturated carbocycles. The van der Waals surface area contributed by atoms with E-state index >= 15 is 0 Å². The Labute approximate surface area is 348 Å². The number of nitrogens with one attached hydrogen (secondary N) is 1. The second-order valence-corrected chi connectivity index (χ2v) is 16.8. The van der Waals surface area contributed by atoms with Crippen LogP contribution < -0.4 is 5.32 Å². The van der Waals surface area contributed by atoms with Crippen molar-refractivity contribution in [3.63, 3.8) is 0 Å². The van der Waals surface area contributed by atoms with Gasteiger partial charge in [-0.3, -0.25) is 9.59 Å². The van der Waals surface area contributed by atoms with Gasteiger partial charge in [0.1, 0.15) is 0 Å². The lowest BCUT2D eigenvalue weighted by atomic mass is 10.0. The number of carbonyl (C=O) groups is 2. The van der Waals surface area contributed by atoms with Crippen LogP contribution in [0.5, 0.6) is 0 Å². The standard InChI is InChI=1S/C50H95NO5/c1-3-5-7-9-11-13-15-16-17-18-19-24-28-32-36-40-44-50(55)56-45-41-37-33-29-25-21-20-23-27-31-35-39-43-49(54)51-47(46-52)48(53)42-38-34-30-26-22-14-12-10-8-6-4-2/h17-18,38,42,47-48,52-53H,3-16,19-37,39-41,43-46H2,1-2H3,(H,51,54)/b18-17-,42-38+. The van der Waals surface area contributed by atoms with E-state index in [4.69, 9.17) is 4.74 Å². The summed E-state index contributed by atoms with van der Waals surface area (Å²) in [6.45, 7) is 4.84. The maximum atomic E-state index is 12.4. The molecule has 0 aromatic rings. The van der Waals surface area contributed by atoms with Crippen molar-refractivity contribution in [1.29, 1.82) is 0 Å². The van der Waals surface area contributed by atoms with Crippen molar-refractivity contribution in [3.05, 3.63) is 24.3 Å². The molecule has 0 aliphatic rings. The molecule has 0 spiro atoms. The van der Waals surface area contributed by atoms with E-state index in [9.17, 15) is 19.8 Å². The molecule has 330 valence electrons. The third kappa shape index (κ3) is 42.0. The summed E-state index contributed by atoms with van der Waals surface area (Å²) >= 11 is 0. The molecule has 0 aliphatic carbocycles. The smallest absolute Gasteiger partial charge is 0.305 e. The highest BCUT2D eigenvalue weighted by atomic mass is 16.5. The van der Waals surface area contributed by atoms with Gasteiger partial charge in [0.25, 0.3) is 0 Å². The zero-order valence-electron chi connectivity index (χ0n) is 37.4. The predicted octanol–water partition coefficient (Wildman–Crippen LogP) is 14.3. The molecule has 0 radical (unpaired) electrons. The molecule has 0 aromatic heterocycles. The van der Waals surface area contributed by atoms with Crippen LogP contribution in [0.15, 0.2) is 24.3 Å². The summed E-state index contributed by atoms with van der Waals surface area (Å²) in [6.07, 6.45) is 53.1. The molecule has 0 saturated heterocycles. The Balaban J connectivity index is 3.48. The summed E-state index contributed by atoms with van der Waals surface area (Å²) in [5, 5.41) is 22.9. The Morgan fingerprint density at radius 1 is 0.482 bits per heavy atom. The first kappa shape index (κ1) is 54.3. The van der Waals surface area contributed by atoms with Gasteiger partial charge in [-0.25, -0.2) is 0 Å². The summed E-state index contributed by atoms with van der Waals surface area (Å²) < 4.78 is 5.45. The largest absolute Gasteiger partial charge is 0.466 e. The van der Waals surface area contributed by atoms with Gasteiger partial charge in [0, 0.05) is 12.8 Å². The molecule has 0 fully saturated rings. The fraction of sp³-hybridized carbons (Fsp3) is 0.880. The SMILES string of the molecule is CCCCCCCCC/C=C\CCCCCCCC(=O)OCCCCCCCCCCCCCCC(=O)NC(CO)C(O)/C=C/CCCCCCCCCCC. The first-order valence-electron chi connectivity index (χ1n) is 24.6. The number of unbranched alkanes of at least 4 members (excludes halogenated alkanes) is 32. The van der Waals surface area contributed by atoms with E-state index in [1.54, 1.807) is 6.08 Å². The highest BCUT2D eigenvalue weighted by Crippen LogP contribution is 2.15. The second-order valence-electron chi connectivity index (χ2n) is 16.8. The number of aliphatic hydroxyl groups excluding tert-OH is 2. The molecule has 56 heavy (non-hydrogen) atoms. The Kier molecular flexibility index (Phi) is 44.7. The van der Waals surface area contributed by atoms with E-state index in [0.717, 1.165) is 57.8 Å². The molecule has 0 aromatic carbocycles. The van der Waals surface area contributed by atoms with E-state index in [2.05, 4.69) is 31.3 Å². The van der Waals surface area contributed by atoms with Gasteiger partial charge in [-0.15, -0.1) is 0 Å². The number of aliphatic hydroxyl groups is 2. The lowest BCUT2D eigenvalue weighted by Crippen LogP contribution is -2.45. The average molecular weight is 790 g/mol. The molecule has 0 rings (SSSR count). The van der Waals surface area contributed by atoms with Gasteiger partial charge >= 0.3 is 5.97 Å². The van der Waals surface area contributed by atoms with E-state index in [0.29, 0.717) is 19.4 Å². The predicted molar refractivity (Wildman–Crippen MR) is 241 cm³/mol. The number of allylic oxidation sites excluding steroid dienone is 3. The maximum absolute atomic E-state index is 12.4. The van der Waals surface area contributed by atoms with Crippen molar-refractivity contribution in [2.24, 2.45) is 0 Å². The topological polar surface area (TPSA) is 95.9 Å². The number of esters is 1. The fourth-order valence-corrected chi connectivity index (χ4v) is 7.39. The zero-order valence-corrected chi connectivity index (χ0v) is 37.4. The molecule has 0 bridgehead atoms. The van der Waals surface area contributed by atoms with E-state index in [1.807, 2.05) is 6.08 Å². The van der Waals surface area contributed by atoms with Crippen LogP contribution in [0.1, 0.15) is 258 Å². The average Bonchev–Trinajstić information content (AvgIpc) is 3.20. The lowest BCUT2D eigenvalue weighted by Gasteiger charge is -2.20. The summed E-state index contributed by atoms with van der Waals surface area (Å²) in [6, 6.07) is -0.638. The zero-order chi connectivity index (χ0) is 40.8. The Bertz CT molecular complexity index is 874. The number of hydrogen-bond acceptors (Lipinski definition) is 5. The fourth-order valence-electron chi connectivity index (χ4n) is 7.39. The first-order chi connectivity index (χ1) is 27.5. The molecule has 1 amide bonds. The Morgan fingerprint density at radius 3 is 1.27 bits per heavy atom. The normalized spacial score (nSPS) is 12.9. The van der Waals surface area contributed by atoms with Crippen molar-refractivity contribution in [2.75, 3.05) is 13.2 Å². The van der Waals surface area contributed by atoms with Crippen molar-refractivity contribution < 1.29 is 24.5 Å². The summed E-state index contributed by atoms with van der Waals surface area (Å²) in [4.78, 5) is 24.4. The number of carbonyl (C=O) groups excluding carboxylic acids is 2. The van der Waals surface area contributed by atoms with E-state index in [1.165, 1.54) is 173 Å². The quantitative estimate of drug-likeness (QED) is 0.0324. The molecule has 0 heterocycles. The minimum Gasteiger partial charge on any atom is -0.466 e. The van der Waals surface area contributed by atoms with Gasteiger partial charge in [-0.05, 0) is 57.8 Å². The van der Waals surface area contributed by atoms with Crippen LogP contribution in [-0.4, -0.2) is 47.4 Å². The molecular formula is C50H95NO5. The highest BCUT2D eigenvalue weighted by Gasteiger charge is 2.18. The molecule has 2 atom stereocenters. The van der Waals surface area contributed by atoms with Crippen LogP contribution in [0.2, 0.25) is 0 Å². The summed E-state index contributed by atoms with van der Waals surface area (Å²) in [5.74, 6) is -0.105. The third-order valence-corrected chi connectivity index (χ3v) is 11.2. The molecule has 0 aliphatic heterocycles. The van der Waals surface area contributed by atoms with Crippen LogP contribution in [0, 0.1) is 0 Å². The van der Waals surface area contributed by atoms with Crippen molar-refractivity contribution in [2.45, 2.75) is 270 Å². The molecule has 6 heteroatoms. The first-order valence-corrected chi connectivity index (χ1v) is 24.6. The van der Waals surface area contributed by atoms with E-state index < -0.39 is 12.1 Å². The number of amides is 1. The van der Waals surface area contributed by atoms with Gasteiger partial charge in [0.2, 0.25) is 5.91 Å². The van der Waals surface area contributed by atoms with Gasteiger partial charge in [0.05, 0.1) is 25.4 Å². The van der Waals surface area contributed by atoms with E-state index in [-0.39, 0.29) is 18.5 Å². The number of hydrogen-bond donors (Lipinski definition) is 3. The van der Waals surface area contributed by atoms with Gasteiger partial charge < -0.3 is 20.3 Å². The van der Waals surface area contributed by atoms with Gasteiger partial charge in [-0.1, -0.05) is 212 Å². The Morgan fingerprint density at radius 2 is 0.839 bits per heavy atom.